The Kier molecular flexibility index (Phi) is 5.13. The summed E-state index contributed by atoms with van der Waals surface area (Å²) in [5, 5.41) is 4.97. The Morgan fingerprint density at radius 3 is 2.47 bits per heavy atom. The number of hydrogen-bond donors (Lipinski definition) is 2. The van der Waals surface area contributed by atoms with Crippen LogP contribution in [0.15, 0.2) is 35.1 Å². The van der Waals surface area contributed by atoms with E-state index in [2.05, 4.69) is 15.4 Å². The van der Waals surface area contributed by atoms with Crippen molar-refractivity contribution in [3.63, 3.8) is 0 Å². The Hall–Kier alpha value is -3.10. The normalized spacial score (nSPS) is 15.5. The van der Waals surface area contributed by atoms with Crippen molar-refractivity contribution >= 4 is 11.6 Å². The topological polar surface area (TPSA) is 79.3 Å². The first-order valence-corrected chi connectivity index (χ1v) is 9.86. The first-order chi connectivity index (χ1) is 14.3. The smallest absolute Gasteiger partial charge is 0.349 e. The van der Waals surface area contributed by atoms with Gasteiger partial charge in [-0.15, -0.1) is 0 Å². The van der Waals surface area contributed by atoms with Gasteiger partial charge in [-0.2, -0.15) is 17.7 Å². The van der Waals surface area contributed by atoms with Crippen LogP contribution in [0.1, 0.15) is 53.8 Å². The molecule has 9 heteroatoms. The zero-order chi connectivity index (χ0) is 21.5. The van der Waals surface area contributed by atoms with Gasteiger partial charge in [-0.3, -0.25) is 14.7 Å². The number of alkyl halides is 3. The maximum Gasteiger partial charge on any atom is 0.433 e. The van der Waals surface area contributed by atoms with E-state index in [1.165, 1.54) is 19.1 Å². The van der Waals surface area contributed by atoms with Crippen molar-refractivity contribution in [1.29, 1.82) is 0 Å². The van der Waals surface area contributed by atoms with Crippen LogP contribution in [-0.4, -0.2) is 26.5 Å². The van der Waals surface area contributed by atoms with Crippen molar-refractivity contribution in [1.82, 2.24) is 19.9 Å². The van der Waals surface area contributed by atoms with Crippen molar-refractivity contribution in [3.8, 4) is 11.1 Å². The maximum absolute atomic E-state index is 13.7. The molecule has 3 aromatic rings. The summed E-state index contributed by atoms with van der Waals surface area (Å²) < 4.78 is 41.9. The predicted octanol–water partition coefficient (Wildman–Crippen LogP) is 4.08. The second-order valence-electron chi connectivity index (χ2n) is 7.57. The molecule has 1 fully saturated rings. The molecule has 0 saturated heterocycles. The second-order valence-corrected chi connectivity index (χ2v) is 7.57. The Morgan fingerprint density at radius 2 is 1.83 bits per heavy atom. The second kappa shape index (κ2) is 7.62. The Morgan fingerprint density at radius 1 is 1.17 bits per heavy atom. The molecular weight excluding hydrogens is 397 g/mol. The summed E-state index contributed by atoms with van der Waals surface area (Å²) in [6.45, 7) is 1.46. The largest absolute Gasteiger partial charge is 0.433 e. The quantitative estimate of drug-likeness (QED) is 0.673. The molecule has 2 heterocycles. The molecule has 2 N–H and O–H groups in total. The summed E-state index contributed by atoms with van der Waals surface area (Å²) in [6.07, 6.45) is -0.00395. The zero-order valence-electron chi connectivity index (χ0n) is 16.3. The van der Waals surface area contributed by atoms with Gasteiger partial charge in [-0.1, -0.05) is 49.6 Å². The van der Waals surface area contributed by atoms with E-state index in [1.54, 1.807) is 18.2 Å². The molecule has 0 unspecified atom stereocenters. The van der Waals surface area contributed by atoms with Crippen molar-refractivity contribution in [2.45, 2.75) is 51.2 Å². The minimum Gasteiger partial charge on any atom is -0.349 e. The molecule has 4 rings (SSSR count). The fraction of sp³-hybridized carbons (Fsp3) is 0.381. The predicted molar refractivity (Wildman–Crippen MR) is 105 cm³/mol. The van der Waals surface area contributed by atoms with Gasteiger partial charge in [0.05, 0.1) is 11.3 Å². The molecule has 0 atom stereocenters. The Balaban J connectivity index is 1.87. The first-order valence-electron chi connectivity index (χ1n) is 9.86. The first kappa shape index (κ1) is 20.2. The number of hydrogen-bond acceptors (Lipinski definition) is 3. The van der Waals surface area contributed by atoms with Crippen LogP contribution in [-0.2, 0) is 6.18 Å². The summed E-state index contributed by atoms with van der Waals surface area (Å²) in [7, 11) is 0. The highest BCUT2D eigenvalue weighted by Crippen LogP contribution is 2.38. The molecule has 1 amide bonds. The van der Waals surface area contributed by atoms with Gasteiger partial charge in [0.25, 0.3) is 11.5 Å². The van der Waals surface area contributed by atoms with Gasteiger partial charge < -0.3 is 5.32 Å². The van der Waals surface area contributed by atoms with E-state index in [4.69, 9.17) is 0 Å². The number of carbonyl (C=O) groups excluding carboxylic acids is 1. The lowest BCUT2D eigenvalue weighted by atomic mass is 9.95. The maximum atomic E-state index is 13.7. The molecule has 0 bridgehead atoms. The van der Waals surface area contributed by atoms with Crippen molar-refractivity contribution in [3.05, 3.63) is 57.6 Å². The van der Waals surface area contributed by atoms with Gasteiger partial charge in [0.1, 0.15) is 11.3 Å². The number of amides is 1. The summed E-state index contributed by atoms with van der Waals surface area (Å²) >= 11 is 0. The lowest BCUT2D eigenvalue weighted by Crippen LogP contribution is -2.40. The molecule has 1 saturated carbocycles. The van der Waals surface area contributed by atoms with E-state index in [0.717, 1.165) is 32.1 Å². The molecule has 0 radical (unpaired) electrons. The third-order valence-corrected chi connectivity index (χ3v) is 5.47. The van der Waals surface area contributed by atoms with Crippen molar-refractivity contribution in [2.75, 3.05) is 0 Å². The molecule has 1 aliphatic rings. The number of nitrogens with one attached hydrogen (secondary N) is 2. The van der Waals surface area contributed by atoms with E-state index in [-0.39, 0.29) is 34.1 Å². The summed E-state index contributed by atoms with van der Waals surface area (Å²) in [4.78, 5) is 30.0. The van der Waals surface area contributed by atoms with Crippen LogP contribution in [0.5, 0.6) is 0 Å². The fourth-order valence-electron chi connectivity index (χ4n) is 4.03. The van der Waals surface area contributed by atoms with Crippen LogP contribution in [0.25, 0.3) is 16.8 Å². The van der Waals surface area contributed by atoms with E-state index >= 15 is 0 Å². The van der Waals surface area contributed by atoms with E-state index in [0.29, 0.717) is 4.52 Å². The van der Waals surface area contributed by atoms with Crippen LogP contribution >= 0.6 is 0 Å². The summed E-state index contributed by atoms with van der Waals surface area (Å²) in [5.74, 6) is -0.601. The number of nitrogens with zero attached hydrogens (tertiary/aromatic N) is 2. The highest BCUT2D eigenvalue weighted by molar-refractivity contribution is 5.95. The van der Waals surface area contributed by atoms with Gasteiger partial charge in [0.15, 0.2) is 5.65 Å². The lowest BCUT2D eigenvalue weighted by Gasteiger charge is -2.22. The van der Waals surface area contributed by atoms with Crippen LogP contribution in [0, 0.1) is 6.92 Å². The number of aryl methyl sites for hydroxylation is 1. The van der Waals surface area contributed by atoms with Gasteiger partial charge >= 0.3 is 6.18 Å². The average Bonchev–Trinajstić information content (AvgIpc) is 3.09. The fourth-order valence-corrected chi connectivity index (χ4v) is 4.03. The number of halogens is 3. The molecule has 158 valence electrons. The Bertz CT molecular complexity index is 1140. The molecule has 1 aromatic carbocycles. The van der Waals surface area contributed by atoms with Gasteiger partial charge in [0, 0.05) is 6.04 Å². The number of aromatic nitrogens is 3. The minimum absolute atomic E-state index is 0.0417. The number of aromatic amines is 1. The summed E-state index contributed by atoms with van der Waals surface area (Å²) in [5.41, 5.74) is -2.19. The van der Waals surface area contributed by atoms with Crippen molar-refractivity contribution in [2.24, 2.45) is 0 Å². The highest BCUT2D eigenvalue weighted by Gasteiger charge is 2.38. The van der Waals surface area contributed by atoms with E-state index in [9.17, 15) is 22.8 Å². The van der Waals surface area contributed by atoms with Crippen LogP contribution in [0.3, 0.4) is 0 Å². The van der Waals surface area contributed by atoms with Gasteiger partial charge in [-0.05, 0) is 25.3 Å². The Labute approximate surface area is 170 Å². The molecule has 30 heavy (non-hydrogen) atoms. The molecule has 2 aromatic heterocycles. The molecule has 6 nitrogen and oxygen atoms in total. The number of H-pyrrole nitrogens is 1. The van der Waals surface area contributed by atoms with E-state index in [1.807, 2.05) is 0 Å². The van der Waals surface area contributed by atoms with Crippen LogP contribution in [0.2, 0.25) is 0 Å². The zero-order valence-corrected chi connectivity index (χ0v) is 16.3. The van der Waals surface area contributed by atoms with Crippen LogP contribution in [0.4, 0.5) is 13.2 Å². The number of carbonyl (C=O) groups is 1. The lowest BCUT2D eigenvalue weighted by molar-refractivity contribution is -0.140. The van der Waals surface area contributed by atoms with E-state index < -0.39 is 23.3 Å². The number of rotatable bonds is 3. The third-order valence-electron chi connectivity index (χ3n) is 5.47. The monoisotopic (exact) mass is 418 g/mol. The standard InChI is InChI=1S/C21H21F3N4O2/c1-12-15(19(29)26-14-10-6-3-7-11-14)20(30)28-18(25-12)16(13-8-4-2-5-9-13)17(27-28)21(22,23)24/h2,4-5,8-9,14,27H,3,6-7,10-11H2,1H3,(H,26,29). The SMILES string of the molecule is Cc1nc2c(-c3ccccc3)c(C(F)(F)F)[nH]n2c(=O)c1C(=O)NC1CCCCC1. The van der Waals surface area contributed by atoms with Gasteiger partial charge in [-0.25, -0.2) is 4.98 Å². The third kappa shape index (κ3) is 3.59. The highest BCUT2D eigenvalue weighted by atomic mass is 19.4. The average molecular weight is 418 g/mol. The molecule has 0 spiro atoms. The number of fused-ring (bicyclic) bond motifs is 1. The van der Waals surface area contributed by atoms with Gasteiger partial charge in [0.2, 0.25) is 0 Å². The number of benzene rings is 1. The molecule has 0 aliphatic heterocycles. The summed E-state index contributed by atoms with van der Waals surface area (Å²) in [6, 6.07) is 7.89. The molecule has 1 aliphatic carbocycles. The molecular formula is C21H21F3N4O2. The van der Waals surface area contributed by atoms with Crippen molar-refractivity contribution < 1.29 is 18.0 Å². The van der Waals surface area contributed by atoms with Crippen LogP contribution < -0.4 is 10.9 Å². The minimum atomic E-state index is -4.73.